The van der Waals surface area contributed by atoms with Gasteiger partial charge in [0.1, 0.15) is 23.3 Å². The summed E-state index contributed by atoms with van der Waals surface area (Å²) in [6.45, 7) is 5.93. The van der Waals surface area contributed by atoms with Crippen molar-refractivity contribution in [2.45, 2.75) is 25.7 Å². The molecular weight excluding hydrogens is 719 g/mol. The van der Waals surface area contributed by atoms with Crippen LogP contribution in [0.3, 0.4) is 0 Å². The minimum atomic E-state index is -3.26. The predicted octanol–water partition coefficient (Wildman–Crippen LogP) is 9.36. The Bertz CT molecular complexity index is 2780. The maximum Gasteiger partial charge on any atom is 0.175 e. The molecule has 2 N–H and O–H groups in total. The summed E-state index contributed by atoms with van der Waals surface area (Å²) in [4.78, 5) is 9.79. The molecular formula is C42H38F2N8O2S. The van der Waals surface area contributed by atoms with E-state index in [2.05, 4.69) is 39.9 Å². The molecule has 4 aromatic carbocycles. The number of sulfone groups is 1. The molecule has 0 fully saturated rings. The van der Waals surface area contributed by atoms with Crippen LogP contribution in [0.1, 0.15) is 17.0 Å². The number of rotatable bonds is 7. The SMILES string of the molecule is Cc1ccc(Nc2nc(-c3ccc(F)cc3)cc3c2c(C)nn3C)cc1.Cc1nn(C)c2cc(-c3ccc(F)cc3)nc(Nc3ccc(S(C)(=O)=O)cc3)c12. The van der Waals surface area contributed by atoms with Crippen LogP contribution >= 0.6 is 0 Å². The van der Waals surface area contributed by atoms with Crippen LogP contribution in [0.2, 0.25) is 0 Å². The number of halogens is 2. The lowest BCUT2D eigenvalue weighted by atomic mass is 10.1. The van der Waals surface area contributed by atoms with Crippen molar-refractivity contribution in [2.75, 3.05) is 16.9 Å². The highest BCUT2D eigenvalue weighted by Crippen LogP contribution is 2.33. The number of fused-ring (bicyclic) bond motifs is 2. The lowest BCUT2D eigenvalue weighted by molar-refractivity contribution is 0.602. The van der Waals surface area contributed by atoms with Gasteiger partial charge < -0.3 is 10.6 Å². The molecule has 0 unspecified atom stereocenters. The van der Waals surface area contributed by atoms with Crippen molar-refractivity contribution in [3.63, 3.8) is 0 Å². The minimum absolute atomic E-state index is 0.249. The van der Waals surface area contributed by atoms with E-state index >= 15 is 0 Å². The highest BCUT2D eigenvalue weighted by molar-refractivity contribution is 7.90. The molecule has 0 saturated heterocycles. The Morgan fingerprint density at radius 2 is 0.945 bits per heavy atom. The summed E-state index contributed by atoms with van der Waals surface area (Å²) in [5, 5.41) is 17.5. The van der Waals surface area contributed by atoms with Gasteiger partial charge in [0, 0.05) is 42.9 Å². The van der Waals surface area contributed by atoms with Crippen LogP contribution in [0, 0.1) is 32.4 Å². The molecule has 10 nitrogen and oxygen atoms in total. The largest absolute Gasteiger partial charge is 0.340 e. The van der Waals surface area contributed by atoms with Gasteiger partial charge in [-0.2, -0.15) is 10.2 Å². The highest BCUT2D eigenvalue weighted by Gasteiger charge is 2.17. The molecule has 0 bridgehead atoms. The van der Waals surface area contributed by atoms with E-state index in [1.54, 1.807) is 53.2 Å². The fraction of sp³-hybridized carbons (Fsp3) is 0.143. The number of nitrogens with zero attached hydrogens (tertiary/aromatic N) is 6. The van der Waals surface area contributed by atoms with Gasteiger partial charge in [0.25, 0.3) is 0 Å². The average Bonchev–Trinajstić information content (AvgIpc) is 3.62. The lowest BCUT2D eigenvalue weighted by Crippen LogP contribution is -2.00. The monoisotopic (exact) mass is 756 g/mol. The molecule has 8 aromatic rings. The zero-order valence-electron chi connectivity index (χ0n) is 31.1. The van der Waals surface area contributed by atoms with E-state index in [0.717, 1.165) is 61.5 Å². The van der Waals surface area contributed by atoms with Crippen LogP contribution < -0.4 is 10.6 Å². The Kier molecular flexibility index (Phi) is 9.89. The summed E-state index contributed by atoms with van der Waals surface area (Å²) in [7, 11) is 0.508. The minimum Gasteiger partial charge on any atom is -0.340 e. The van der Waals surface area contributed by atoms with Crippen molar-refractivity contribution in [3.8, 4) is 22.5 Å². The first kappa shape index (κ1) is 36.9. The van der Waals surface area contributed by atoms with Crippen molar-refractivity contribution in [2.24, 2.45) is 14.1 Å². The van der Waals surface area contributed by atoms with Crippen LogP contribution in [0.25, 0.3) is 44.3 Å². The molecule has 55 heavy (non-hydrogen) atoms. The third-order valence-corrected chi connectivity index (χ3v) is 10.3. The molecule has 0 atom stereocenters. The van der Waals surface area contributed by atoms with Gasteiger partial charge in [-0.25, -0.2) is 27.2 Å². The van der Waals surface area contributed by atoms with Gasteiger partial charge in [0.15, 0.2) is 9.84 Å². The van der Waals surface area contributed by atoms with Crippen molar-refractivity contribution in [3.05, 3.63) is 138 Å². The van der Waals surface area contributed by atoms with Crippen molar-refractivity contribution < 1.29 is 17.2 Å². The fourth-order valence-corrected chi connectivity index (χ4v) is 6.99. The van der Waals surface area contributed by atoms with Gasteiger partial charge in [-0.1, -0.05) is 17.7 Å². The second kappa shape index (κ2) is 14.7. The van der Waals surface area contributed by atoms with Gasteiger partial charge in [0.2, 0.25) is 0 Å². The molecule has 278 valence electrons. The summed E-state index contributed by atoms with van der Waals surface area (Å²) in [6, 6.07) is 31.1. The molecule has 4 aromatic heterocycles. The number of benzene rings is 4. The predicted molar refractivity (Wildman–Crippen MR) is 215 cm³/mol. The van der Waals surface area contributed by atoms with E-state index in [9.17, 15) is 17.2 Å². The van der Waals surface area contributed by atoms with Gasteiger partial charge in [-0.3, -0.25) is 9.36 Å². The zero-order chi connectivity index (χ0) is 39.0. The Morgan fingerprint density at radius 3 is 1.33 bits per heavy atom. The molecule has 0 aliphatic carbocycles. The molecule has 0 spiro atoms. The number of hydrogen-bond donors (Lipinski definition) is 2. The quantitative estimate of drug-likeness (QED) is 0.165. The van der Waals surface area contributed by atoms with E-state index in [0.29, 0.717) is 17.2 Å². The number of hydrogen-bond acceptors (Lipinski definition) is 8. The summed E-state index contributed by atoms with van der Waals surface area (Å²) in [5.74, 6) is 0.774. The summed E-state index contributed by atoms with van der Waals surface area (Å²) >= 11 is 0. The summed E-state index contributed by atoms with van der Waals surface area (Å²) in [5.41, 5.74) is 9.54. The normalized spacial score (nSPS) is 11.4. The first-order valence-electron chi connectivity index (χ1n) is 17.3. The number of nitrogens with one attached hydrogen (secondary N) is 2. The molecule has 0 radical (unpaired) electrons. The Balaban J connectivity index is 0.000000170. The van der Waals surface area contributed by atoms with E-state index in [4.69, 9.17) is 9.97 Å². The first-order valence-corrected chi connectivity index (χ1v) is 19.2. The molecule has 8 rings (SSSR count). The van der Waals surface area contributed by atoms with Gasteiger partial charge in [-0.05, 0) is 118 Å². The van der Waals surface area contributed by atoms with Crippen molar-refractivity contribution in [1.29, 1.82) is 0 Å². The summed E-state index contributed by atoms with van der Waals surface area (Å²) in [6.07, 6.45) is 1.17. The second-order valence-corrected chi connectivity index (χ2v) is 15.4. The van der Waals surface area contributed by atoms with Crippen molar-refractivity contribution >= 4 is 54.7 Å². The standard InChI is InChI=1S/C21H19FN4O2S.C21H19FN4/c1-13-20-19(26(2)25-13)12-18(14-4-6-15(22)7-5-14)24-21(20)23-16-8-10-17(11-9-16)29(3,27)28;1-13-4-10-17(11-5-13)23-21-20-14(2)25-26(3)19(20)12-18(24-21)15-6-8-16(22)9-7-15/h4-12H,1-3H3,(H,23,24);4-12H,1-3H3,(H,23,24). The number of aryl methyl sites for hydroxylation is 5. The second-order valence-electron chi connectivity index (χ2n) is 13.3. The van der Waals surface area contributed by atoms with Crippen LogP contribution in [0.5, 0.6) is 0 Å². The number of anilines is 4. The Morgan fingerprint density at radius 1 is 0.564 bits per heavy atom. The molecule has 0 saturated carbocycles. The van der Waals surface area contributed by atoms with E-state index in [1.807, 2.05) is 56.9 Å². The maximum atomic E-state index is 13.3. The van der Waals surface area contributed by atoms with Crippen LogP contribution in [0.15, 0.2) is 114 Å². The highest BCUT2D eigenvalue weighted by atomic mass is 32.2. The third kappa shape index (κ3) is 7.92. The summed E-state index contributed by atoms with van der Waals surface area (Å²) < 4.78 is 53.6. The molecule has 0 amide bonds. The van der Waals surface area contributed by atoms with Crippen LogP contribution in [0.4, 0.5) is 31.8 Å². The first-order chi connectivity index (χ1) is 26.2. The van der Waals surface area contributed by atoms with Crippen molar-refractivity contribution in [1.82, 2.24) is 29.5 Å². The van der Waals surface area contributed by atoms with E-state index < -0.39 is 9.84 Å². The zero-order valence-corrected chi connectivity index (χ0v) is 31.9. The van der Waals surface area contributed by atoms with Crippen LogP contribution in [-0.4, -0.2) is 44.2 Å². The van der Waals surface area contributed by atoms with Gasteiger partial charge >= 0.3 is 0 Å². The topological polar surface area (TPSA) is 120 Å². The number of aromatic nitrogens is 6. The van der Waals surface area contributed by atoms with E-state index in [-0.39, 0.29) is 16.5 Å². The smallest absolute Gasteiger partial charge is 0.175 e. The maximum absolute atomic E-state index is 13.3. The lowest BCUT2D eigenvalue weighted by Gasteiger charge is -2.11. The molecule has 13 heteroatoms. The van der Waals surface area contributed by atoms with Gasteiger partial charge in [-0.15, -0.1) is 0 Å². The molecule has 4 heterocycles. The van der Waals surface area contributed by atoms with Gasteiger partial charge in [0.05, 0.1) is 49.5 Å². The molecule has 0 aliphatic heterocycles. The molecule has 0 aliphatic rings. The fourth-order valence-electron chi connectivity index (χ4n) is 6.36. The van der Waals surface area contributed by atoms with E-state index in [1.165, 1.54) is 36.1 Å². The Labute approximate surface area is 317 Å². The average molecular weight is 757 g/mol. The third-order valence-electron chi connectivity index (χ3n) is 9.16. The number of pyridine rings is 2. The Hall–Kier alpha value is -6.47. The van der Waals surface area contributed by atoms with Crippen LogP contribution in [-0.2, 0) is 23.9 Å².